The van der Waals surface area contributed by atoms with Crippen molar-refractivity contribution < 1.29 is 9.13 Å². The molecule has 0 atom stereocenters. The molecule has 4 rings (SSSR count). The van der Waals surface area contributed by atoms with E-state index in [1.54, 1.807) is 24.3 Å². The van der Waals surface area contributed by atoms with E-state index in [-0.39, 0.29) is 12.4 Å². The number of benzene rings is 3. The Balaban J connectivity index is 1.31. The molecule has 0 aliphatic carbocycles. The number of aryl methyl sites for hydroxylation is 1. The lowest BCUT2D eigenvalue weighted by atomic mass is 10.2. The van der Waals surface area contributed by atoms with Gasteiger partial charge in [-0.15, -0.1) is 0 Å². The average Bonchev–Trinajstić information content (AvgIpc) is 3.17. The molecule has 0 bridgehead atoms. The number of halogens is 3. The molecule has 1 aromatic heterocycles. The largest absolute Gasteiger partial charge is 0.488 e. The number of H-pyrrole nitrogens is 1. The first-order chi connectivity index (χ1) is 15.1. The third-order valence-corrected chi connectivity index (χ3v) is 5.57. The smallest absolute Gasteiger partial charge is 0.131 e. The molecule has 160 valence electrons. The van der Waals surface area contributed by atoms with E-state index < -0.39 is 0 Å². The van der Waals surface area contributed by atoms with Crippen LogP contribution in [0.5, 0.6) is 5.75 Å². The lowest BCUT2D eigenvalue weighted by Gasteiger charge is -2.14. The zero-order valence-electron chi connectivity index (χ0n) is 16.8. The fourth-order valence-electron chi connectivity index (χ4n) is 3.38. The van der Waals surface area contributed by atoms with E-state index in [4.69, 9.17) is 27.9 Å². The summed E-state index contributed by atoms with van der Waals surface area (Å²) in [7, 11) is 0. The van der Waals surface area contributed by atoms with Gasteiger partial charge in [0.05, 0.1) is 16.1 Å². The van der Waals surface area contributed by atoms with Gasteiger partial charge in [0.2, 0.25) is 0 Å². The van der Waals surface area contributed by atoms with E-state index in [0.29, 0.717) is 27.9 Å². The van der Waals surface area contributed by atoms with Crippen molar-refractivity contribution in [1.29, 1.82) is 0 Å². The predicted octanol–water partition coefficient (Wildman–Crippen LogP) is 6.31. The summed E-state index contributed by atoms with van der Waals surface area (Å²) in [5.74, 6) is 1.25. The first kappa shape index (κ1) is 21.6. The minimum atomic E-state index is -0.383. The number of rotatable bonds is 9. The average molecular weight is 458 g/mol. The Kier molecular flexibility index (Phi) is 7.07. The molecule has 31 heavy (non-hydrogen) atoms. The first-order valence-electron chi connectivity index (χ1n) is 10.1. The van der Waals surface area contributed by atoms with Gasteiger partial charge < -0.3 is 15.0 Å². The van der Waals surface area contributed by atoms with Gasteiger partial charge in [0.15, 0.2) is 0 Å². The predicted molar refractivity (Wildman–Crippen MR) is 123 cm³/mol. The fraction of sp³-hybridized carbons (Fsp3) is 0.208. The Labute approximate surface area is 190 Å². The molecular formula is C24H22Cl2FN3O. The van der Waals surface area contributed by atoms with Crippen LogP contribution in [-0.2, 0) is 19.6 Å². The second-order valence-corrected chi connectivity index (χ2v) is 8.07. The van der Waals surface area contributed by atoms with Gasteiger partial charge in [-0.05, 0) is 55.4 Å². The monoisotopic (exact) mass is 457 g/mol. The maximum Gasteiger partial charge on any atom is 0.131 e. The van der Waals surface area contributed by atoms with Gasteiger partial charge in [-0.3, -0.25) is 0 Å². The zero-order valence-corrected chi connectivity index (χ0v) is 18.3. The molecular weight excluding hydrogens is 436 g/mol. The van der Waals surface area contributed by atoms with Crippen molar-refractivity contribution in [3.8, 4) is 5.75 Å². The number of ether oxygens (including phenoxy) is 1. The molecule has 4 aromatic rings. The van der Waals surface area contributed by atoms with Crippen molar-refractivity contribution >= 4 is 34.2 Å². The number of hydrogen-bond acceptors (Lipinski definition) is 3. The molecule has 0 amide bonds. The summed E-state index contributed by atoms with van der Waals surface area (Å²) < 4.78 is 19.9. The van der Waals surface area contributed by atoms with Crippen molar-refractivity contribution in [2.75, 3.05) is 6.54 Å². The van der Waals surface area contributed by atoms with Crippen LogP contribution in [0.3, 0.4) is 0 Å². The van der Waals surface area contributed by atoms with Crippen LogP contribution in [0.15, 0.2) is 60.7 Å². The second kappa shape index (κ2) is 10.1. The molecule has 4 nitrogen and oxygen atoms in total. The summed E-state index contributed by atoms with van der Waals surface area (Å²) in [4.78, 5) is 7.94. The highest BCUT2D eigenvalue weighted by atomic mass is 35.5. The van der Waals surface area contributed by atoms with E-state index in [9.17, 15) is 4.39 Å². The summed E-state index contributed by atoms with van der Waals surface area (Å²) in [5, 5.41) is 4.38. The van der Waals surface area contributed by atoms with Crippen LogP contribution in [0.4, 0.5) is 4.39 Å². The van der Waals surface area contributed by atoms with Crippen LogP contribution < -0.4 is 10.1 Å². The third kappa shape index (κ3) is 5.56. The number of nitrogens with zero attached hydrogens (tertiary/aromatic N) is 1. The summed E-state index contributed by atoms with van der Waals surface area (Å²) in [6.45, 7) is 1.44. The quantitative estimate of drug-likeness (QED) is 0.289. The highest BCUT2D eigenvalue weighted by molar-refractivity contribution is 6.31. The fourth-order valence-corrected chi connectivity index (χ4v) is 3.79. The molecule has 0 radical (unpaired) electrons. The molecule has 0 saturated heterocycles. The Bertz CT molecular complexity index is 1130. The molecule has 0 unspecified atom stereocenters. The Morgan fingerprint density at radius 2 is 1.90 bits per heavy atom. The lowest BCUT2D eigenvalue weighted by Crippen LogP contribution is -2.16. The van der Waals surface area contributed by atoms with Crippen LogP contribution in [0.25, 0.3) is 11.0 Å². The highest BCUT2D eigenvalue weighted by Gasteiger charge is 2.10. The minimum Gasteiger partial charge on any atom is -0.488 e. The van der Waals surface area contributed by atoms with Crippen LogP contribution in [0.2, 0.25) is 10.0 Å². The van der Waals surface area contributed by atoms with Crippen molar-refractivity contribution in [3.63, 3.8) is 0 Å². The number of imidazole rings is 1. The highest BCUT2D eigenvalue weighted by Crippen LogP contribution is 2.26. The molecule has 2 N–H and O–H groups in total. The van der Waals surface area contributed by atoms with Gasteiger partial charge in [0.1, 0.15) is 24.0 Å². The van der Waals surface area contributed by atoms with Crippen LogP contribution in [0, 0.1) is 5.82 Å². The number of aromatic nitrogens is 2. The molecule has 0 aliphatic heterocycles. The standard InChI is InChI=1S/C24H22Cl2FN3O/c25-17-10-11-23(31-15-18-19(26)5-3-6-20(18)27)16(13-17)14-28-12-4-9-24-29-21-7-1-2-8-22(21)30-24/h1-3,5-8,10-11,13,28H,4,9,12,14-15H2,(H,29,30). The summed E-state index contributed by atoms with van der Waals surface area (Å²) >= 11 is 12.3. The van der Waals surface area contributed by atoms with Gasteiger partial charge >= 0.3 is 0 Å². The van der Waals surface area contributed by atoms with E-state index in [1.165, 1.54) is 6.07 Å². The van der Waals surface area contributed by atoms with Crippen LogP contribution in [0.1, 0.15) is 23.4 Å². The number of aromatic amines is 1. The summed E-state index contributed by atoms with van der Waals surface area (Å²) in [6, 6.07) is 18.0. The molecule has 0 spiro atoms. The van der Waals surface area contributed by atoms with Gasteiger partial charge in [-0.25, -0.2) is 9.37 Å². The van der Waals surface area contributed by atoms with Crippen molar-refractivity contribution in [2.45, 2.75) is 26.0 Å². The second-order valence-electron chi connectivity index (χ2n) is 7.22. The van der Waals surface area contributed by atoms with E-state index >= 15 is 0 Å². The summed E-state index contributed by atoms with van der Waals surface area (Å²) in [5.41, 5.74) is 3.29. The maximum atomic E-state index is 14.0. The van der Waals surface area contributed by atoms with Gasteiger partial charge in [-0.2, -0.15) is 0 Å². The van der Waals surface area contributed by atoms with Crippen molar-refractivity contribution in [1.82, 2.24) is 15.3 Å². The minimum absolute atomic E-state index is 0.0478. The van der Waals surface area contributed by atoms with E-state index in [0.717, 1.165) is 41.8 Å². The molecule has 0 aliphatic rings. The van der Waals surface area contributed by atoms with E-state index in [1.807, 2.05) is 30.3 Å². The Morgan fingerprint density at radius 3 is 2.74 bits per heavy atom. The number of nitrogens with one attached hydrogen (secondary N) is 2. The van der Waals surface area contributed by atoms with Gasteiger partial charge in [-0.1, -0.05) is 41.4 Å². The zero-order chi connectivity index (χ0) is 21.6. The van der Waals surface area contributed by atoms with Crippen LogP contribution >= 0.6 is 23.2 Å². The van der Waals surface area contributed by atoms with Gasteiger partial charge in [0, 0.05) is 29.1 Å². The third-order valence-electron chi connectivity index (χ3n) is 4.98. The number of fused-ring (bicyclic) bond motifs is 1. The number of hydrogen-bond donors (Lipinski definition) is 2. The molecule has 7 heteroatoms. The topological polar surface area (TPSA) is 49.9 Å². The SMILES string of the molecule is Fc1cccc(Cl)c1COc1ccc(Cl)cc1CNCCCc1nc2ccccc2[nH]1. The Morgan fingerprint density at radius 1 is 1.03 bits per heavy atom. The lowest BCUT2D eigenvalue weighted by molar-refractivity contribution is 0.296. The maximum absolute atomic E-state index is 14.0. The van der Waals surface area contributed by atoms with Crippen molar-refractivity contribution in [3.05, 3.63) is 93.5 Å². The molecule has 3 aromatic carbocycles. The van der Waals surface area contributed by atoms with E-state index in [2.05, 4.69) is 15.3 Å². The van der Waals surface area contributed by atoms with Gasteiger partial charge in [0.25, 0.3) is 0 Å². The van der Waals surface area contributed by atoms with Crippen LogP contribution in [-0.4, -0.2) is 16.5 Å². The molecule has 0 fully saturated rings. The molecule has 1 heterocycles. The Hall–Kier alpha value is -2.60. The summed E-state index contributed by atoms with van der Waals surface area (Å²) in [6.07, 6.45) is 1.79. The van der Waals surface area contributed by atoms with Crippen molar-refractivity contribution in [2.24, 2.45) is 0 Å². The number of para-hydroxylation sites is 2. The first-order valence-corrected chi connectivity index (χ1v) is 10.8. The normalized spacial score (nSPS) is 11.2. The molecule has 0 saturated carbocycles.